The van der Waals surface area contributed by atoms with Crippen molar-refractivity contribution in [2.24, 2.45) is 5.41 Å². The lowest BCUT2D eigenvalue weighted by Gasteiger charge is -2.16. The zero-order chi connectivity index (χ0) is 20.9. The fourth-order valence-corrected chi connectivity index (χ4v) is 4.07. The van der Waals surface area contributed by atoms with Gasteiger partial charge in [0, 0.05) is 5.41 Å². The molecule has 0 N–H and O–H groups in total. The van der Waals surface area contributed by atoms with Gasteiger partial charge in [0.15, 0.2) is 0 Å². The Balaban J connectivity index is 1.79. The van der Waals surface area contributed by atoms with E-state index in [1.54, 1.807) is 5.57 Å². The summed E-state index contributed by atoms with van der Waals surface area (Å²) in [4.78, 5) is 0. The largest absolute Gasteiger partial charge is 0.0737 e. The van der Waals surface area contributed by atoms with Crippen molar-refractivity contribution < 1.29 is 0 Å². The molecule has 1 fully saturated rings. The maximum Gasteiger partial charge on any atom is 0.00982 e. The van der Waals surface area contributed by atoms with Crippen LogP contribution in [0.25, 0.3) is 12.2 Å². The van der Waals surface area contributed by atoms with Crippen molar-refractivity contribution in [3.05, 3.63) is 82.4 Å². The van der Waals surface area contributed by atoms with Gasteiger partial charge in [0.25, 0.3) is 0 Å². The van der Waals surface area contributed by atoms with Crippen molar-refractivity contribution in [1.82, 2.24) is 0 Å². The third-order valence-corrected chi connectivity index (χ3v) is 6.60. The molecule has 1 aliphatic carbocycles. The fraction of sp³-hybridized carbons (Fsp3) is 0.448. The number of benzene rings is 2. The van der Waals surface area contributed by atoms with Crippen LogP contribution >= 0.6 is 0 Å². The van der Waals surface area contributed by atoms with Crippen LogP contribution in [0.5, 0.6) is 0 Å². The van der Waals surface area contributed by atoms with Crippen molar-refractivity contribution in [3.63, 3.8) is 0 Å². The topological polar surface area (TPSA) is 0 Å². The van der Waals surface area contributed by atoms with E-state index < -0.39 is 0 Å². The molecule has 0 nitrogen and oxygen atoms in total. The quantitative estimate of drug-likeness (QED) is 0.403. The minimum Gasteiger partial charge on any atom is -0.0737 e. The summed E-state index contributed by atoms with van der Waals surface area (Å²) in [5, 5.41) is 0. The smallest absolute Gasteiger partial charge is 0.00982 e. The highest BCUT2D eigenvalue weighted by Gasteiger charge is 2.42. The lowest BCUT2D eigenvalue weighted by molar-refractivity contribution is 0.716. The van der Waals surface area contributed by atoms with Crippen LogP contribution in [-0.2, 0) is 0 Å². The summed E-state index contributed by atoms with van der Waals surface area (Å²) in [6.45, 7) is 11.4. The van der Waals surface area contributed by atoms with Crippen LogP contribution < -0.4 is 0 Å². The molecular weight excluding hydrogens is 348 g/mol. The normalized spacial score (nSPS) is 17.1. The van der Waals surface area contributed by atoms with Gasteiger partial charge in [0.2, 0.25) is 0 Å². The van der Waals surface area contributed by atoms with Crippen molar-refractivity contribution >= 4 is 12.2 Å². The van der Waals surface area contributed by atoms with Gasteiger partial charge in [-0.1, -0.05) is 113 Å². The molecule has 0 aromatic heterocycles. The van der Waals surface area contributed by atoms with Crippen LogP contribution in [0.3, 0.4) is 0 Å². The second-order valence-electron chi connectivity index (χ2n) is 9.21. The van der Waals surface area contributed by atoms with Crippen molar-refractivity contribution in [3.8, 4) is 0 Å². The fourth-order valence-electron chi connectivity index (χ4n) is 4.07. The van der Waals surface area contributed by atoms with Crippen molar-refractivity contribution in [2.45, 2.75) is 78.6 Å². The molecule has 1 unspecified atom stereocenters. The standard InChI is InChI=1S/C29H38/c1-6-8-28(21-25-11-15-27(16-12-25)23(5)7-2)29(19-20-29)18-17-24-9-13-26(14-10-24)22(3)4/h9-18,21-23H,6-8,19-20H2,1-5H3/b18-17+,28-21+. The summed E-state index contributed by atoms with van der Waals surface area (Å²) in [6.07, 6.45) is 13.4. The second-order valence-corrected chi connectivity index (χ2v) is 9.21. The molecular formula is C29H38. The Morgan fingerprint density at radius 3 is 1.97 bits per heavy atom. The molecule has 1 saturated carbocycles. The lowest BCUT2D eigenvalue weighted by atomic mass is 9.88. The van der Waals surface area contributed by atoms with Gasteiger partial charge in [-0.15, -0.1) is 0 Å². The van der Waals surface area contributed by atoms with Gasteiger partial charge in [-0.25, -0.2) is 0 Å². The zero-order valence-corrected chi connectivity index (χ0v) is 19.0. The summed E-state index contributed by atoms with van der Waals surface area (Å²) in [5.41, 5.74) is 7.41. The Bertz CT molecular complexity index is 827. The van der Waals surface area contributed by atoms with Gasteiger partial charge in [-0.2, -0.15) is 0 Å². The Hall–Kier alpha value is -2.08. The van der Waals surface area contributed by atoms with Crippen LogP contribution in [0.4, 0.5) is 0 Å². The molecule has 154 valence electrons. The maximum atomic E-state index is 2.48. The summed E-state index contributed by atoms with van der Waals surface area (Å²) in [5.74, 6) is 1.23. The van der Waals surface area contributed by atoms with Crippen LogP contribution in [0.2, 0.25) is 0 Å². The molecule has 0 bridgehead atoms. The van der Waals surface area contributed by atoms with Gasteiger partial charge in [0.05, 0.1) is 0 Å². The first kappa shape index (κ1) is 21.6. The van der Waals surface area contributed by atoms with Gasteiger partial charge < -0.3 is 0 Å². The van der Waals surface area contributed by atoms with Gasteiger partial charge in [0.1, 0.15) is 0 Å². The number of allylic oxidation sites excluding steroid dienone is 2. The molecule has 0 spiro atoms. The Morgan fingerprint density at radius 1 is 0.862 bits per heavy atom. The number of rotatable bonds is 9. The molecule has 3 rings (SSSR count). The molecule has 29 heavy (non-hydrogen) atoms. The molecule has 0 amide bonds. The molecule has 1 aliphatic rings. The van der Waals surface area contributed by atoms with Crippen LogP contribution in [0.15, 0.2) is 60.2 Å². The predicted molar refractivity (Wildman–Crippen MR) is 129 cm³/mol. The minimum atomic E-state index is 0.280. The van der Waals surface area contributed by atoms with E-state index in [0.29, 0.717) is 11.8 Å². The van der Waals surface area contributed by atoms with Crippen LogP contribution in [0.1, 0.15) is 101 Å². The van der Waals surface area contributed by atoms with E-state index >= 15 is 0 Å². The van der Waals surface area contributed by atoms with Crippen molar-refractivity contribution in [1.29, 1.82) is 0 Å². The third-order valence-electron chi connectivity index (χ3n) is 6.60. The maximum absolute atomic E-state index is 2.48. The second kappa shape index (κ2) is 9.61. The molecule has 0 saturated heterocycles. The Morgan fingerprint density at radius 2 is 1.45 bits per heavy atom. The van der Waals surface area contributed by atoms with Gasteiger partial charge >= 0.3 is 0 Å². The molecule has 1 atom stereocenters. The lowest BCUT2D eigenvalue weighted by Crippen LogP contribution is -2.01. The predicted octanol–water partition coefficient (Wildman–Crippen LogP) is 9.00. The van der Waals surface area contributed by atoms with E-state index in [1.165, 1.54) is 54.4 Å². The highest BCUT2D eigenvalue weighted by atomic mass is 14.5. The van der Waals surface area contributed by atoms with E-state index in [4.69, 9.17) is 0 Å². The molecule has 2 aromatic rings. The SMILES string of the molecule is CCC/C(=C\c1ccc(C(C)CC)cc1)C1(/C=C/c2ccc(C(C)C)cc2)CC1. The molecule has 0 aliphatic heterocycles. The van der Waals surface area contributed by atoms with Crippen LogP contribution in [0, 0.1) is 5.41 Å². The van der Waals surface area contributed by atoms with Gasteiger partial charge in [-0.3, -0.25) is 0 Å². The molecule has 0 heteroatoms. The molecule has 2 aromatic carbocycles. The first-order chi connectivity index (χ1) is 14.0. The van der Waals surface area contributed by atoms with E-state index in [2.05, 4.69) is 101 Å². The summed E-state index contributed by atoms with van der Waals surface area (Å²) < 4.78 is 0. The van der Waals surface area contributed by atoms with E-state index in [1.807, 2.05) is 0 Å². The summed E-state index contributed by atoms with van der Waals surface area (Å²) >= 11 is 0. The minimum absolute atomic E-state index is 0.280. The van der Waals surface area contributed by atoms with Gasteiger partial charge in [-0.05, 0) is 59.8 Å². The average Bonchev–Trinajstić information content (AvgIpc) is 3.53. The summed E-state index contributed by atoms with van der Waals surface area (Å²) in [7, 11) is 0. The van der Waals surface area contributed by atoms with Crippen molar-refractivity contribution in [2.75, 3.05) is 0 Å². The first-order valence-corrected chi connectivity index (χ1v) is 11.6. The number of hydrogen-bond donors (Lipinski definition) is 0. The third kappa shape index (κ3) is 5.50. The number of hydrogen-bond acceptors (Lipinski definition) is 0. The highest BCUT2D eigenvalue weighted by molar-refractivity contribution is 5.60. The Labute approximate surface area is 178 Å². The highest BCUT2D eigenvalue weighted by Crippen LogP contribution is 2.55. The molecule has 0 heterocycles. The molecule has 0 radical (unpaired) electrons. The first-order valence-electron chi connectivity index (χ1n) is 11.6. The van der Waals surface area contributed by atoms with E-state index in [0.717, 1.165) is 0 Å². The van der Waals surface area contributed by atoms with E-state index in [-0.39, 0.29) is 5.41 Å². The van der Waals surface area contributed by atoms with Crippen LogP contribution in [-0.4, -0.2) is 0 Å². The Kier molecular flexibility index (Phi) is 7.17. The monoisotopic (exact) mass is 386 g/mol. The average molecular weight is 387 g/mol. The zero-order valence-electron chi connectivity index (χ0n) is 19.0. The summed E-state index contributed by atoms with van der Waals surface area (Å²) in [6, 6.07) is 18.3. The van der Waals surface area contributed by atoms with E-state index in [9.17, 15) is 0 Å².